The quantitative estimate of drug-likeness (QED) is 0.813. The van der Waals surface area contributed by atoms with Crippen LogP contribution in [0.3, 0.4) is 0 Å². The number of hydrogen-bond acceptors (Lipinski definition) is 3. The molecule has 0 saturated heterocycles. The lowest BCUT2D eigenvalue weighted by Gasteiger charge is -2.07. The summed E-state index contributed by atoms with van der Waals surface area (Å²) in [5, 5.41) is 2.53. The van der Waals surface area contributed by atoms with Crippen molar-refractivity contribution in [3.63, 3.8) is 0 Å². The Balaban J connectivity index is 0.00000225. The summed E-state index contributed by atoms with van der Waals surface area (Å²) in [6.07, 6.45) is 1.83. The van der Waals surface area contributed by atoms with Gasteiger partial charge in [-0.2, -0.15) is 0 Å². The van der Waals surface area contributed by atoms with Gasteiger partial charge in [-0.3, -0.25) is 9.59 Å². The van der Waals surface area contributed by atoms with E-state index in [-0.39, 0.29) is 42.0 Å². The fourth-order valence-electron chi connectivity index (χ4n) is 1.19. The summed E-state index contributed by atoms with van der Waals surface area (Å²) < 4.78 is 1.40. The molecule has 0 fully saturated rings. The maximum absolute atomic E-state index is 11.5. The van der Waals surface area contributed by atoms with Gasteiger partial charge < -0.3 is 15.6 Å². The number of aromatic nitrogens is 1. The van der Waals surface area contributed by atoms with Crippen molar-refractivity contribution in [2.24, 2.45) is 12.8 Å². The molecule has 1 atom stereocenters. The molecule has 0 spiro atoms. The van der Waals surface area contributed by atoms with Gasteiger partial charge in [0, 0.05) is 25.7 Å². The molecule has 0 aromatic carbocycles. The van der Waals surface area contributed by atoms with Gasteiger partial charge in [0.05, 0.1) is 0 Å². The maximum atomic E-state index is 11.5. The lowest BCUT2D eigenvalue weighted by Crippen LogP contribution is -2.27. The van der Waals surface area contributed by atoms with Crippen molar-refractivity contribution in [2.45, 2.75) is 19.4 Å². The summed E-state index contributed by atoms with van der Waals surface area (Å²) in [5.74, 6) is -0.242. The third-order valence-corrected chi connectivity index (χ3v) is 1.90. The van der Waals surface area contributed by atoms with E-state index in [2.05, 4.69) is 5.32 Å². The number of nitrogens with zero attached hydrogens (tertiary/aromatic N) is 1. The number of nitrogens with one attached hydrogen (secondary N) is 1. The SMILES string of the molecule is CC(N)CC(=O)Nc1cccn(C)c1=O.Cl. The molecule has 0 aliphatic rings. The second-order valence-corrected chi connectivity index (χ2v) is 3.57. The number of amides is 1. The van der Waals surface area contributed by atoms with Crippen LogP contribution in [0.2, 0.25) is 0 Å². The van der Waals surface area contributed by atoms with Gasteiger partial charge in [0.1, 0.15) is 5.69 Å². The Labute approximate surface area is 100 Å². The smallest absolute Gasteiger partial charge is 0.274 e. The van der Waals surface area contributed by atoms with Gasteiger partial charge in [0.2, 0.25) is 5.91 Å². The molecule has 1 amide bonds. The Morgan fingerprint density at radius 3 is 2.81 bits per heavy atom. The van der Waals surface area contributed by atoms with E-state index in [0.717, 1.165) is 0 Å². The number of nitrogens with two attached hydrogens (primary N) is 1. The minimum absolute atomic E-state index is 0. The van der Waals surface area contributed by atoms with E-state index in [1.165, 1.54) is 4.57 Å². The van der Waals surface area contributed by atoms with Crippen LogP contribution < -0.4 is 16.6 Å². The van der Waals surface area contributed by atoms with Crippen molar-refractivity contribution in [2.75, 3.05) is 5.32 Å². The Bertz CT molecular complexity index is 415. The van der Waals surface area contributed by atoms with Gasteiger partial charge >= 0.3 is 0 Å². The number of rotatable bonds is 3. The van der Waals surface area contributed by atoms with Crippen LogP contribution >= 0.6 is 12.4 Å². The molecular formula is C10H16ClN3O2. The van der Waals surface area contributed by atoms with Crippen LogP contribution in [-0.2, 0) is 11.8 Å². The van der Waals surface area contributed by atoms with E-state index in [9.17, 15) is 9.59 Å². The Hall–Kier alpha value is -1.33. The molecule has 3 N–H and O–H groups in total. The zero-order valence-corrected chi connectivity index (χ0v) is 10.1. The zero-order chi connectivity index (χ0) is 11.4. The summed E-state index contributed by atoms with van der Waals surface area (Å²) >= 11 is 0. The molecule has 0 bridgehead atoms. The van der Waals surface area contributed by atoms with Crippen molar-refractivity contribution in [3.05, 3.63) is 28.7 Å². The molecular weight excluding hydrogens is 230 g/mol. The standard InChI is InChI=1S/C10H15N3O2.ClH/c1-7(11)6-9(14)12-8-4-3-5-13(2)10(8)15;/h3-5,7H,6,11H2,1-2H3,(H,12,14);1H. The highest BCUT2D eigenvalue weighted by Gasteiger charge is 2.07. The number of hydrogen-bond donors (Lipinski definition) is 2. The van der Waals surface area contributed by atoms with Crippen molar-refractivity contribution in [1.82, 2.24) is 4.57 Å². The zero-order valence-electron chi connectivity index (χ0n) is 9.27. The predicted molar refractivity (Wildman–Crippen MR) is 65.8 cm³/mol. The lowest BCUT2D eigenvalue weighted by molar-refractivity contribution is -0.116. The first kappa shape index (κ1) is 14.7. The van der Waals surface area contributed by atoms with E-state index < -0.39 is 0 Å². The van der Waals surface area contributed by atoms with Crippen LogP contribution in [0.25, 0.3) is 0 Å². The van der Waals surface area contributed by atoms with Crippen molar-refractivity contribution in [1.29, 1.82) is 0 Å². The minimum Gasteiger partial charge on any atom is -0.327 e. The topological polar surface area (TPSA) is 77.1 Å². The highest BCUT2D eigenvalue weighted by molar-refractivity contribution is 5.90. The summed E-state index contributed by atoms with van der Waals surface area (Å²) in [4.78, 5) is 22.9. The number of carbonyl (C=O) groups excluding carboxylic acids is 1. The molecule has 0 aliphatic heterocycles. The van der Waals surface area contributed by atoms with E-state index in [1.54, 1.807) is 32.3 Å². The minimum atomic E-state index is -0.242. The number of anilines is 1. The number of pyridine rings is 1. The predicted octanol–water partition coefficient (Wildman–Crippen LogP) is 0.483. The lowest BCUT2D eigenvalue weighted by atomic mass is 10.2. The molecule has 1 heterocycles. The van der Waals surface area contributed by atoms with E-state index in [0.29, 0.717) is 0 Å². The second-order valence-electron chi connectivity index (χ2n) is 3.57. The fraction of sp³-hybridized carbons (Fsp3) is 0.400. The average Bonchev–Trinajstić information content (AvgIpc) is 2.11. The van der Waals surface area contributed by atoms with E-state index in [4.69, 9.17) is 5.73 Å². The van der Waals surface area contributed by atoms with Gasteiger partial charge in [-0.25, -0.2) is 0 Å². The molecule has 0 radical (unpaired) electrons. The summed E-state index contributed by atoms with van der Waals surface area (Å²) in [5.41, 5.74) is 5.53. The van der Waals surface area contributed by atoms with Crippen LogP contribution in [0.1, 0.15) is 13.3 Å². The number of halogens is 1. The Kier molecular flexibility index (Phi) is 5.77. The van der Waals surface area contributed by atoms with Crippen molar-refractivity contribution < 1.29 is 4.79 Å². The van der Waals surface area contributed by atoms with Crippen molar-refractivity contribution in [3.8, 4) is 0 Å². The summed E-state index contributed by atoms with van der Waals surface area (Å²) in [6.45, 7) is 1.74. The Morgan fingerprint density at radius 1 is 1.62 bits per heavy atom. The Morgan fingerprint density at radius 2 is 2.25 bits per heavy atom. The normalized spacial score (nSPS) is 11.4. The van der Waals surface area contributed by atoms with Crippen LogP contribution in [0.15, 0.2) is 23.1 Å². The van der Waals surface area contributed by atoms with Gasteiger partial charge in [-0.05, 0) is 19.1 Å². The van der Waals surface area contributed by atoms with Crippen LogP contribution in [-0.4, -0.2) is 16.5 Å². The monoisotopic (exact) mass is 245 g/mol. The molecule has 0 saturated carbocycles. The third-order valence-electron chi connectivity index (χ3n) is 1.90. The fourth-order valence-corrected chi connectivity index (χ4v) is 1.19. The van der Waals surface area contributed by atoms with Crippen molar-refractivity contribution >= 4 is 24.0 Å². The van der Waals surface area contributed by atoms with Gasteiger partial charge in [0.25, 0.3) is 5.56 Å². The molecule has 0 aliphatic carbocycles. The molecule has 16 heavy (non-hydrogen) atoms. The summed E-state index contributed by atoms with van der Waals surface area (Å²) in [6, 6.07) is 3.06. The molecule has 5 nitrogen and oxygen atoms in total. The molecule has 6 heteroatoms. The number of aryl methyl sites for hydroxylation is 1. The molecule has 1 unspecified atom stereocenters. The third kappa shape index (κ3) is 4.04. The highest BCUT2D eigenvalue weighted by atomic mass is 35.5. The molecule has 1 rings (SSSR count). The highest BCUT2D eigenvalue weighted by Crippen LogP contribution is 1.99. The van der Waals surface area contributed by atoms with E-state index in [1.807, 2.05) is 0 Å². The average molecular weight is 246 g/mol. The first-order valence-corrected chi connectivity index (χ1v) is 4.72. The van der Waals surface area contributed by atoms with Crippen LogP contribution in [0, 0.1) is 0 Å². The van der Waals surface area contributed by atoms with Crippen LogP contribution in [0.5, 0.6) is 0 Å². The number of carbonyl (C=O) groups is 1. The van der Waals surface area contributed by atoms with Gasteiger partial charge in [-0.15, -0.1) is 12.4 Å². The molecule has 1 aromatic rings. The van der Waals surface area contributed by atoms with Gasteiger partial charge in [-0.1, -0.05) is 0 Å². The first-order chi connectivity index (χ1) is 7.00. The van der Waals surface area contributed by atoms with Gasteiger partial charge in [0.15, 0.2) is 0 Å². The molecule has 1 aromatic heterocycles. The maximum Gasteiger partial charge on any atom is 0.274 e. The largest absolute Gasteiger partial charge is 0.327 e. The second kappa shape index (κ2) is 6.30. The van der Waals surface area contributed by atoms with E-state index >= 15 is 0 Å². The van der Waals surface area contributed by atoms with Crippen LogP contribution in [0.4, 0.5) is 5.69 Å². The first-order valence-electron chi connectivity index (χ1n) is 4.72. The molecule has 90 valence electrons. The summed E-state index contributed by atoms with van der Waals surface area (Å²) in [7, 11) is 1.63.